The predicted octanol–water partition coefficient (Wildman–Crippen LogP) is 4.75. The third kappa shape index (κ3) is 5.24. The fourth-order valence-electron chi connectivity index (χ4n) is 5.07. The van der Waals surface area contributed by atoms with Crippen LogP contribution in [-0.4, -0.2) is 60.0 Å². The van der Waals surface area contributed by atoms with E-state index in [2.05, 4.69) is 99.6 Å². The molecule has 3 heteroatoms. The van der Waals surface area contributed by atoms with Gasteiger partial charge in [-0.2, -0.15) is 0 Å². The molecule has 31 heavy (non-hydrogen) atoms. The van der Waals surface area contributed by atoms with E-state index in [0.717, 1.165) is 19.1 Å². The highest BCUT2D eigenvalue weighted by Crippen LogP contribution is 2.23. The molecule has 0 aromatic heterocycles. The fourth-order valence-corrected chi connectivity index (χ4v) is 5.07. The molecule has 0 aliphatic carbocycles. The van der Waals surface area contributed by atoms with E-state index in [1.807, 2.05) is 0 Å². The Bertz CT molecular complexity index is 931. The smallest absolute Gasteiger partial charge is 0.0236 e. The molecule has 1 unspecified atom stereocenters. The Morgan fingerprint density at radius 3 is 1.84 bits per heavy atom. The van der Waals surface area contributed by atoms with Gasteiger partial charge in [0.15, 0.2) is 0 Å². The van der Waals surface area contributed by atoms with Gasteiger partial charge in [-0.05, 0) is 28.7 Å². The van der Waals surface area contributed by atoms with Gasteiger partial charge in [0, 0.05) is 58.4 Å². The number of hydrogen-bond donors (Lipinski definition) is 0. The lowest BCUT2D eigenvalue weighted by Crippen LogP contribution is -2.50. The average molecular weight is 412 g/mol. The lowest BCUT2D eigenvalue weighted by atomic mass is 10.0. The Hall–Kier alpha value is -2.46. The summed E-state index contributed by atoms with van der Waals surface area (Å²) < 4.78 is 0. The fraction of sp³-hybridized carbons (Fsp3) is 0.357. The molecule has 0 spiro atoms. The van der Waals surface area contributed by atoms with Crippen LogP contribution >= 0.6 is 0 Å². The zero-order valence-corrected chi connectivity index (χ0v) is 18.4. The van der Waals surface area contributed by atoms with Crippen molar-refractivity contribution in [1.29, 1.82) is 0 Å². The first-order chi connectivity index (χ1) is 15.3. The van der Waals surface area contributed by atoms with Crippen molar-refractivity contribution in [2.45, 2.75) is 25.6 Å². The van der Waals surface area contributed by atoms with Crippen molar-refractivity contribution < 1.29 is 0 Å². The standard InChI is InChI=1S/C28H33N3/c1-3-7-24(8-4-1)21-29-17-19-31(20-18-29)28-15-16-30(23-28)22-25-11-13-27(14-12-25)26-9-5-2-6-10-26/h1-14,28H,15-23H2. The molecule has 2 saturated heterocycles. The van der Waals surface area contributed by atoms with Crippen LogP contribution < -0.4 is 0 Å². The molecule has 3 aromatic carbocycles. The lowest BCUT2D eigenvalue weighted by molar-refractivity contribution is 0.0932. The molecular weight excluding hydrogens is 378 g/mol. The number of hydrogen-bond acceptors (Lipinski definition) is 3. The molecule has 2 aliphatic heterocycles. The first-order valence-electron chi connectivity index (χ1n) is 11.7. The van der Waals surface area contributed by atoms with Gasteiger partial charge in [0.1, 0.15) is 0 Å². The Morgan fingerprint density at radius 1 is 0.548 bits per heavy atom. The first-order valence-corrected chi connectivity index (χ1v) is 11.7. The molecule has 0 amide bonds. The third-order valence-electron chi connectivity index (χ3n) is 6.89. The minimum Gasteiger partial charge on any atom is -0.297 e. The SMILES string of the molecule is c1ccc(CN2CCN(C3CCN(Cc4ccc(-c5ccccc5)cc4)C3)CC2)cc1. The van der Waals surface area contributed by atoms with Crippen LogP contribution in [0.25, 0.3) is 11.1 Å². The van der Waals surface area contributed by atoms with Crippen molar-refractivity contribution in [2.24, 2.45) is 0 Å². The summed E-state index contributed by atoms with van der Waals surface area (Å²) in [7, 11) is 0. The van der Waals surface area contributed by atoms with Gasteiger partial charge in [-0.1, -0.05) is 84.9 Å². The molecule has 2 fully saturated rings. The van der Waals surface area contributed by atoms with Gasteiger partial charge in [0.05, 0.1) is 0 Å². The van der Waals surface area contributed by atoms with Crippen LogP contribution in [0.5, 0.6) is 0 Å². The van der Waals surface area contributed by atoms with E-state index >= 15 is 0 Å². The summed E-state index contributed by atoms with van der Waals surface area (Å²) in [6.45, 7) is 9.37. The van der Waals surface area contributed by atoms with Crippen molar-refractivity contribution in [3.8, 4) is 11.1 Å². The number of benzene rings is 3. The molecule has 2 heterocycles. The van der Waals surface area contributed by atoms with Crippen molar-refractivity contribution >= 4 is 0 Å². The Labute approximate surface area is 186 Å². The van der Waals surface area contributed by atoms with Crippen LogP contribution in [0.2, 0.25) is 0 Å². The summed E-state index contributed by atoms with van der Waals surface area (Å²) in [4.78, 5) is 7.98. The maximum absolute atomic E-state index is 2.74. The zero-order valence-electron chi connectivity index (χ0n) is 18.4. The molecule has 1 atom stereocenters. The quantitative estimate of drug-likeness (QED) is 0.580. The highest BCUT2D eigenvalue weighted by atomic mass is 15.3. The number of piperazine rings is 1. The van der Waals surface area contributed by atoms with Gasteiger partial charge >= 0.3 is 0 Å². The van der Waals surface area contributed by atoms with Crippen molar-refractivity contribution in [3.63, 3.8) is 0 Å². The summed E-state index contributed by atoms with van der Waals surface area (Å²) in [5.74, 6) is 0. The minimum atomic E-state index is 0.725. The summed E-state index contributed by atoms with van der Waals surface area (Å²) in [5, 5.41) is 0. The molecule has 0 N–H and O–H groups in total. The number of rotatable bonds is 6. The molecule has 0 bridgehead atoms. The van der Waals surface area contributed by atoms with Gasteiger partial charge in [-0.25, -0.2) is 0 Å². The van der Waals surface area contributed by atoms with Gasteiger partial charge in [0.2, 0.25) is 0 Å². The van der Waals surface area contributed by atoms with Crippen LogP contribution in [-0.2, 0) is 13.1 Å². The van der Waals surface area contributed by atoms with Crippen LogP contribution in [0.15, 0.2) is 84.9 Å². The normalized spacial score (nSPS) is 20.8. The summed E-state index contributed by atoms with van der Waals surface area (Å²) in [6, 6.07) is 31.4. The highest BCUT2D eigenvalue weighted by Gasteiger charge is 2.29. The van der Waals surface area contributed by atoms with Crippen LogP contribution in [0, 0.1) is 0 Å². The Balaban J connectivity index is 1.09. The molecule has 2 aliphatic rings. The van der Waals surface area contributed by atoms with Gasteiger partial charge in [-0.15, -0.1) is 0 Å². The Morgan fingerprint density at radius 2 is 1.13 bits per heavy atom. The molecule has 3 nitrogen and oxygen atoms in total. The second kappa shape index (κ2) is 9.78. The van der Waals surface area contributed by atoms with E-state index in [-0.39, 0.29) is 0 Å². The molecule has 3 aromatic rings. The summed E-state index contributed by atoms with van der Waals surface area (Å²) >= 11 is 0. The van der Waals surface area contributed by atoms with Crippen molar-refractivity contribution in [3.05, 3.63) is 96.1 Å². The maximum atomic E-state index is 2.74. The number of likely N-dealkylation sites (tertiary alicyclic amines) is 1. The van der Waals surface area contributed by atoms with Crippen LogP contribution in [0.4, 0.5) is 0 Å². The van der Waals surface area contributed by atoms with E-state index < -0.39 is 0 Å². The Kier molecular flexibility index (Phi) is 6.45. The van der Waals surface area contributed by atoms with Crippen LogP contribution in [0.3, 0.4) is 0 Å². The molecule has 160 valence electrons. The zero-order chi connectivity index (χ0) is 20.9. The van der Waals surface area contributed by atoms with Crippen LogP contribution in [0.1, 0.15) is 17.5 Å². The molecule has 0 radical (unpaired) electrons. The molecule has 0 saturated carbocycles. The van der Waals surface area contributed by atoms with E-state index in [1.165, 1.54) is 67.9 Å². The van der Waals surface area contributed by atoms with E-state index in [4.69, 9.17) is 0 Å². The van der Waals surface area contributed by atoms with E-state index in [1.54, 1.807) is 0 Å². The topological polar surface area (TPSA) is 9.72 Å². The predicted molar refractivity (Wildman–Crippen MR) is 129 cm³/mol. The van der Waals surface area contributed by atoms with E-state index in [9.17, 15) is 0 Å². The molecular formula is C28H33N3. The average Bonchev–Trinajstić information content (AvgIpc) is 3.30. The summed E-state index contributed by atoms with van der Waals surface area (Å²) in [5.41, 5.74) is 5.45. The minimum absolute atomic E-state index is 0.725. The van der Waals surface area contributed by atoms with Gasteiger partial charge in [0.25, 0.3) is 0 Å². The molecule has 5 rings (SSSR count). The highest BCUT2D eigenvalue weighted by molar-refractivity contribution is 5.63. The monoisotopic (exact) mass is 411 g/mol. The van der Waals surface area contributed by atoms with E-state index in [0.29, 0.717) is 0 Å². The second-order valence-electron chi connectivity index (χ2n) is 9.04. The van der Waals surface area contributed by atoms with Crippen molar-refractivity contribution in [1.82, 2.24) is 14.7 Å². The van der Waals surface area contributed by atoms with Crippen molar-refractivity contribution in [2.75, 3.05) is 39.3 Å². The lowest BCUT2D eigenvalue weighted by Gasteiger charge is -2.38. The number of nitrogens with zero attached hydrogens (tertiary/aromatic N) is 3. The summed E-state index contributed by atoms with van der Waals surface area (Å²) in [6.07, 6.45) is 1.31. The third-order valence-corrected chi connectivity index (χ3v) is 6.89. The van der Waals surface area contributed by atoms with Gasteiger partial charge in [-0.3, -0.25) is 14.7 Å². The van der Waals surface area contributed by atoms with Gasteiger partial charge < -0.3 is 0 Å². The first kappa shape index (κ1) is 20.4. The largest absolute Gasteiger partial charge is 0.297 e. The maximum Gasteiger partial charge on any atom is 0.0236 e. The second-order valence-corrected chi connectivity index (χ2v) is 9.04.